The van der Waals surface area contributed by atoms with Crippen LogP contribution in [0.4, 0.5) is 0 Å². The fraction of sp³-hybridized carbons (Fsp3) is 1.00. The second-order valence-corrected chi connectivity index (χ2v) is 7.14. The van der Waals surface area contributed by atoms with Gasteiger partial charge in [0.05, 0.1) is 6.10 Å². The van der Waals surface area contributed by atoms with Crippen molar-refractivity contribution < 1.29 is 22.6 Å². The van der Waals surface area contributed by atoms with Gasteiger partial charge in [0, 0.05) is 0 Å². The van der Waals surface area contributed by atoms with E-state index >= 15 is 0 Å². The largest absolute Gasteiger partial charge is 0.394 e. The zero-order chi connectivity index (χ0) is 17.4. The molecule has 0 rings (SSSR count). The summed E-state index contributed by atoms with van der Waals surface area (Å²) < 4.78 is 31.6. The van der Waals surface area contributed by atoms with Gasteiger partial charge in [-0.3, -0.25) is 9.11 Å². The van der Waals surface area contributed by atoms with E-state index in [0.717, 1.165) is 12.3 Å². The predicted molar refractivity (Wildman–Crippen MR) is 91.5 cm³/mol. The normalized spacial score (nSPS) is 14.1. The van der Waals surface area contributed by atoms with Crippen molar-refractivity contribution in [1.29, 1.82) is 0 Å². The summed E-state index contributed by atoms with van der Waals surface area (Å²) >= 11 is 0. The molecule has 2 unspecified atom stereocenters. The Hall–Kier alpha value is -0.170. The molecular weight excluding hydrogens is 304 g/mol. The Bertz CT molecular complexity index is 306. The summed E-state index contributed by atoms with van der Waals surface area (Å²) in [6.07, 6.45) is 14.5. The molecule has 0 aliphatic heterocycles. The Morgan fingerprint density at radius 1 is 0.773 bits per heavy atom. The molecule has 136 valence electrons. The van der Waals surface area contributed by atoms with Gasteiger partial charge in [-0.1, -0.05) is 78.1 Å². The predicted octanol–water partition coefficient (Wildman–Crippen LogP) is 4.66. The Morgan fingerprint density at radius 2 is 1.14 bits per heavy atom. The van der Waals surface area contributed by atoms with Crippen LogP contribution in [0.3, 0.4) is 0 Å². The van der Waals surface area contributed by atoms with Crippen LogP contribution in [-0.4, -0.2) is 28.7 Å². The van der Waals surface area contributed by atoms with Crippen molar-refractivity contribution in [3.63, 3.8) is 0 Å². The molecule has 0 aliphatic carbocycles. The lowest BCUT2D eigenvalue weighted by Gasteiger charge is -2.11. The molecule has 6 heteroatoms. The third kappa shape index (κ3) is 32.0. The van der Waals surface area contributed by atoms with Crippen LogP contribution < -0.4 is 0 Å². The Balaban J connectivity index is 0. The smallest absolute Gasteiger partial charge is 0.393 e. The average molecular weight is 341 g/mol. The molecular formula is C16H36O5S. The molecule has 0 aromatic rings. The maximum atomic E-state index is 9.14. The Kier molecular flexibility index (Phi) is 17.2. The SMILES string of the molecule is CCCCCCC(C)CCCCCCC(C)O.O=S(=O)(O)O. The Morgan fingerprint density at radius 3 is 1.50 bits per heavy atom. The lowest BCUT2D eigenvalue weighted by molar-refractivity contribution is 0.180. The lowest BCUT2D eigenvalue weighted by atomic mass is 9.96. The van der Waals surface area contributed by atoms with Gasteiger partial charge in [-0.25, -0.2) is 0 Å². The third-order valence-corrected chi connectivity index (χ3v) is 3.62. The van der Waals surface area contributed by atoms with Crippen LogP contribution in [0.15, 0.2) is 0 Å². The first kappa shape index (κ1) is 24.1. The quantitative estimate of drug-likeness (QED) is 0.355. The Labute approximate surface area is 137 Å². The molecule has 0 fully saturated rings. The summed E-state index contributed by atoms with van der Waals surface area (Å²) in [5, 5.41) is 9.14. The van der Waals surface area contributed by atoms with Gasteiger partial charge in [-0.15, -0.1) is 0 Å². The number of hydrogen-bond donors (Lipinski definition) is 3. The maximum Gasteiger partial charge on any atom is 0.394 e. The van der Waals surface area contributed by atoms with E-state index in [4.69, 9.17) is 22.6 Å². The molecule has 22 heavy (non-hydrogen) atoms. The van der Waals surface area contributed by atoms with Crippen molar-refractivity contribution in [3.8, 4) is 0 Å². The molecule has 5 nitrogen and oxygen atoms in total. The van der Waals surface area contributed by atoms with Gasteiger partial charge in [0.1, 0.15) is 0 Å². The first-order valence-electron chi connectivity index (χ1n) is 8.54. The van der Waals surface area contributed by atoms with E-state index < -0.39 is 10.4 Å². The summed E-state index contributed by atoms with van der Waals surface area (Å²) in [5.41, 5.74) is 0. The van der Waals surface area contributed by atoms with Crippen molar-refractivity contribution >= 4 is 10.4 Å². The van der Waals surface area contributed by atoms with Gasteiger partial charge in [0.15, 0.2) is 0 Å². The summed E-state index contributed by atoms with van der Waals surface area (Å²) in [7, 11) is -4.67. The minimum Gasteiger partial charge on any atom is -0.393 e. The molecule has 3 N–H and O–H groups in total. The van der Waals surface area contributed by atoms with Crippen molar-refractivity contribution in [3.05, 3.63) is 0 Å². The standard InChI is InChI=1S/C16H34O.H2O4S/c1-4-5-6-9-12-15(2)13-10-7-8-11-14-16(3)17;1-5(2,3)4/h15-17H,4-14H2,1-3H3;(H2,1,2,3,4). The first-order chi connectivity index (χ1) is 10.2. The fourth-order valence-electron chi connectivity index (χ4n) is 2.35. The van der Waals surface area contributed by atoms with Gasteiger partial charge in [-0.2, -0.15) is 8.42 Å². The summed E-state index contributed by atoms with van der Waals surface area (Å²) in [6.45, 7) is 6.57. The molecule has 0 amide bonds. The van der Waals surface area contributed by atoms with Gasteiger partial charge in [0.25, 0.3) is 0 Å². The second-order valence-electron chi connectivity index (χ2n) is 6.24. The van der Waals surface area contributed by atoms with E-state index in [2.05, 4.69) is 13.8 Å². The van der Waals surface area contributed by atoms with Crippen LogP contribution in [0.5, 0.6) is 0 Å². The van der Waals surface area contributed by atoms with E-state index in [-0.39, 0.29) is 6.10 Å². The fourth-order valence-corrected chi connectivity index (χ4v) is 2.35. The zero-order valence-corrected chi connectivity index (χ0v) is 15.3. The highest BCUT2D eigenvalue weighted by atomic mass is 32.3. The van der Waals surface area contributed by atoms with Crippen LogP contribution >= 0.6 is 0 Å². The zero-order valence-electron chi connectivity index (χ0n) is 14.5. The average Bonchev–Trinajstić information content (AvgIpc) is 2.36. The molecule has 0 aromatic heterocycles. The van der Waals surface area contributed by atoms with Crippen molar-refractivity contribution in [2.24, 2.45) is 5.92 Å². The summed E-state index contributed by atoms with van der Waals surface area (Å²) in [6, 6.07) is 0. The van der Waals surface area contributed by atoms with Crippen LogP contribution in [-0.2, 0) is 10.4 Å². The van der Waals surface area contributed by atoms with Gasteiger partial charge in [-0.05, 0) is 19.3 Å². The minimum absolute atomic E-state index is 0.104. The van der Waals surface area contributed by atoms with Crippen molar-refractivity contribution in [2.75, 3.05) is 0 Å². The van der Waals surface area contributed by atoms with Crippen molar-refractivity contribution in [1.82, 2.24) is 0 Å². The highest BCUT2D eigenvalue weighted by molar-refractivity contribution is 7.79. The third-order valence-electron chi connectivity index (χ3n) is 3.62. The molecule has 0 aliphatic rings. The van der Waals surface area contributed by atoms with Gasteiger partial charge >= 0.3 is 10.4 Å². The second kappa shape index (κ2) is 15.7. The molecule has 0 saturated carbocycles. The molecule has 0 spiro atoms. The van der Waals surface area contributed by atoms with E-state index in [1.807, 2.05) is 6.92 Å². The van der Waals surface area contributed by atoms with Gasteiger partial charge < -0.3 is 5.11 Å². The molecule has 0 bridgehead atoms. The summed E-state index contributed by atoms with van der Waals surface area (Å²) in [4.78, 5) is 0. The van der Waals surface area contributed by atoms with Gasteiger partial charge in [0.2, 0.25) is 0 Å². The molecule has 0 aromatic carbocycles. The van der Waals surface area contributed by atoms with E-state index in [9.17, 15) is 0 Å². The highest BCUT2D eigenvalue weighted by Gasteiger charge is 2.02. The molecule has 2 atom stereocenters. The summed E-state index contributed by atoms with van der Waals surface area (Å²) in [5.74, 6) is 0.920. The number of aliphatic hydroxyl groups excluding tert-OH is 1. The first-order valence-corrected chi connectivity index (χ1v) is 9.94. The number of aliphatic hydroxyl groups is 1. The number of unbranched alkanes of at least 4 members (excludes halogenated alkanes) is 6. The molecule has 0 saturated heterocycles. The number of rotatable bonds is 12. The monoisotopic (exact) mass is 340 g/mol. The maximum absolute atomic E-state index is 9.14. The minimum atomic E-state index is -4.67. The van der Waals surface area contributed by atoms with E-state index in [0.29, 0.717) is 0 Å². The molecule has 0 heterocycles. The highest BCUT2D eigenvalue weighted by Crippen LogP contribution is 2.17. The van der Waals surface area contributed by atoms with Crippen molar-refractivity contribution in [2.45, 2.75) is 97.5 Å². The van der Waals surface area contributed by atoms with E-state index in [1.54, 1.807) is 0 Å². The number of hydrogen-bond acceptors (Lipinski definition) is 3. The topological polar surface area (TPSA) is 94.8 Å². The van der Waals surface area contributed by atoms with Crippen LogP contribution in [0.2, 0.25) is 0 Å². The molecule has 0 radical (unpaired) electrons. The van der Waals surface area contributed by atoms with E-state index in [1.165, 1.54) is 64.2 Å². The lowest BCUT2D eigenvalue weighted by Crippen LogP contribution is -1.98. The van der Waals surface area contributed by atoms with Crippen LogP contribution in [0, 0.1) is 5.92 Å². The van der Waals surface area contributed by atoms with Crippen LogP contribution in [0.25, 0.3) is 0 Å². The van der Waals surface area contributed by atoms with Crippen LogP contribution in [0.1, 0.15) is 91.4 Å².